The van der Waals surface area contributed by atoms with Crippen LogP contribution in [0.5, 0.6) is 0 Å². The first kappa shape index (κ1) is 20.5. The van der Waals surface area contributed by atoms with E-state index in [1.165, 1.54) is 0 Å². The number of aromatic amines is 1. The van der Waals surface area contributed by atoms with E-state index in [1.54, 1.807) is 0 Å². The predicted molar refractivity (Wildman–Crippen MR) is 113 cm³/mol. The lowest BCUT2D eigenvalue weighted by molar-refractivity contribution is -0.123. The van der Waals surface area contributed by atoms with Crippen LogP contribution < -0.4 is 10.6 Å². The Morgan fingerprint density at radius 3 is 2.52 bits per heavy atom. The van der Waals surface area contributed by atoms with Gasteiger partial charge in [0, 0.05) is 30.1 Å². The van der Waals surface area contributed by atoms with Crippen molar-refractivity contribution in [3.05, 3.63) is 71.9 Å². The van der Waals surface area contributed by atoms with Crippen LogP contribution in [0.15, 0.2) is 60.8 Å². The third-order valence-electron chi connectivity index (χ3n) is 4.56. The molecule has 1 aromatic heterocycles. The highest BCUT2D eigenvalue weighted by molar-refractivity contribution is 5.88. The van der Waals surface area contributed by atoms with Crippen LogP contribution in [0.3, 0.4) is 0 Å². The minimum Gasteiger partial charge on any atom is -0.449 e. The maximum absolute atomic E-state index is 12.9. The first-order valence-corrected chi connectivity index (χ1v) is 9.83. The minimum absolute atomic E-state index is 0.222. The van der Waals surface area contributed by atoms with E-state index in [1.807, 2.05) is 74.6 Å². The normalized spacial score (nSPS) is 12.0. The largest absolute Gasteiger partial charge is 0.449 e. The predicted octanol–water partition coefficient (Wildman–Crippen LogP) is 3.78. The van der Waals surface area contributed by atoms with Crippen LogP contribution in [-0.2, 0) is 22.5 Å². The number of nitrogens with one attached hydrogen (secondary N) is 3. The number of alkyl carbamates (subject to hydrolysis) is 1. The Balaban J connectivity index is 1.71. The van der Waals surface area contributed by atoms with E-state index < -0.39 is 12.1 Å². The summed E-state index contributed by atoms with van der Waals surface area (Å²) >= 11 is 0. The molecule has 0 saturated carbocycles. The zero-order valence-electron chi connectivity index (χ0n) is 16.8. The Hall–Kier alpha value is -3.28. The van der Waals surface area contributed by atoms with E-state index in [2.05, 4.69) is 15.6 Å². The second kappa shape index (κ2) is 9.78. The fraction of sp³-hybridized carbons (Fsp3) is 0.304. The van der Waals surface area contributed by atoms with Crippen LogP contribution in [0.2, 0.25) is 0 Å². The molecule has 1 atom stereocenters. The quantitative estimate of drug-likeness (QED) is 0.545. The molecule has 3 aromatic rings. The smallest absolute Gasteiger partial charge is 0.407 e. The lowest BCUT2D eigenvalue weighted by atomic mass is 10.0. The van der Waals surface area contributed by atoms with Crippen LogP contribution in [0, 0.1) is 5.92 Å². The maximum Gasteiger partial charge on any atom is 0.407 e. The second-order valence-electron chi connectivity index (χ2n) is 7.46. The molecule has 0 bridgehead atoms. The molecule has 3 N–H and O–H groups in total. The standard InChI is InChI=1S/C23H27N3O3/c1-16(2)15-29-23(28)26-21(22(27)25-13-17-8-4-3-5-9-17)12-18-14-24-20-11-7-6-10-19(18)20/h3-11,14,16,21,24H,12-13,15H2,1-2H3,(H,25,27)(H,26,28)/t21-/m1/s1. The Bertz CT molecular complexity index is 950. The number of hydrogen-bond acceptors (Lipinski definition) is 3. The van der Waals surface area contributed by atoms with E-state index in [0.29, 0.717) is 19.6 Å². The fourth-order valence-corrected chi connectivity index (χ4v) is 3.06. The third kappa shape index (κ3) is 5.85. The molecule has 0 spiro atoms. The summed E-state index contributed by atoms with van der Waals surface area (Å²) in [6.07, 6.45) is 1.66. The van der Waals surface area contributed by atoms with E-state index >= 15 is 0 Å². The van der Waals surface area contributed by atoms with Gasteiger partial charge in [-0.25, -0.2) is 4.79 Å². The van der Waals surface area contributed by atoms with Gasteiger partial charge in [0.05, 0.1) is 6.61 Å². The van der Waals surface area contributed by atoms with Crippen molar-refractivity contribution < 1.29 is 14.3 Å². The molecule has 2 aromatic carbocycles. The lowest BCUT2D eigenvalue weighted by Gasteiger charge is -2.19. The van der Waals surface area contributed by atoms with Gasteiger partial charge >= 0.3 is 6.09 Å². The molecule has 0 fully saturated rings. The number of para-hydroxylation sites is 1. The summed E-state index contributed by atoms with van der Waals surface area (Å²) in [5, 5.41) is 6.67. The lowest BCUT2D eigenvalue weighted by Crippen LogP contribution is -2.48. The summed E-state index contributed by atoms with van der Waals surface area (Å²) in [5.41, 5.74) is 2.95. The Morgan fingerprint density at radius 2 is 1.76 bits per heavy atom. The second-order valence-corrected chi connectivity index (χ2v) is 7.46. The van der Waals surface area contributed by atoms with Crippen LogP contribution in [-0.4, -0.2) is 29.6 Å². The molecule has 0 unspecified atom stereocenters. The van der Waals surface area contributed by atoms with Gasteiger partial charge < -0.3 is 20.4 Å². The third-order valence-corrected chi connectivity index (χ3v) is 4.56. The number of ether oxygens (including phenoxy) is 1. The van der Waals surface area contributed by atoms with Crippen molar-refractivity contribution in [1.29, 1.82) is 0 Å². The molecule has 0 saturated heterocycles. The van der Waals surface area contributed by atoms with Crippen LogP contribution in [0.1, 0.15) is 25.0 Å². The number of hydrogen-bond donors (Lipinski definition) is 3. The van der Waals surface area contributed by atoms with Gasteiger partial charge in [-0.15, -0.1) is 0 Å². The number of aromatic nitrogens is 1. The van der Waals surface area contributed by atoms with Crippen molar-refractivity contribution in [2.24, 2.45) is 5.92 Å². The van der Waals surface area contributed by atoms with E-state index in [9.17, 15) is 9.59 Å². The van der Waals surface area contributed by atoms with Gasteiger partial charge in [-0.2, -0.15) is 0 Å². The van der Waals surface area contributed by atoms with Crippen molar-refractivity contribution in [1.82, 2.24) is 15.6 Å². The first-order chi connectivity index (χ1) is 14.0. The fourth-order valence-electron chi connectivity index (χ4n) is 3.06. The Morgan fingerprint density at radius 1 is 1.03 bits per heavy atom. The number of benzene rings is 2. The monoisotopic (exact) mass is 393 g/mol. The number of rotatable bonds is 8. The molecule has 6 heteroatoms. The average Bonchev–Trinajstić information content (AvgIpc) is 3.14. The number of amides is 2. The van der Waals surface area contributed by atoms with Crippen molar-refractivity contribution in [2.75, 3.05) is 6.61 Å². The zero-order chi connectivity index (χ0) is 20.6. The summed E-state index contributed by atoms with van der Waals surface area (Å²) in [6, 6.07) is 16.8. The highest BCUT2D eigenvalue weighted by atomic mass is 16.5. The van der Waals surface area contributed by atoms with Gasteiger partial charge in [-0.1, -0.05) is 62.4 Å². The molecule has 2 amide bonds. The molecule has 0 radical (unpaired) electrons. The van der Waals surface area contributed by atoms with Crippen molar-refractivity contribution in [3.8, 4) is 0 Å². The van der Waals surface area contributed by atoms with Gasteiger partial charge in [0.25, 0.3) is 0 Å². The molecule has 0 aliphatic carbocycles. The zero-order valence-corrected chi connectivity index (χ0v) is 16.8. The summed E-state index contributed by atoms with van der Waals surface area (Å²) in [4.78, 5) is 28.3. The summed E-state index contributed by atoms with van der Waals surface area (Å²) in [5.74, 6) is -0.0274. The van der Waals surface area contributed by atoms with Gasteiger partial charge in [0.15, 0.2) is 0 Å². The molecular formula is C23H27N3O3. The van der Waals surface area contributed by atoms with Crippen molar-refractivity contribution >= 4 is 22.9 Å². The highest BCUT2D eigenvalue weighted by Gasteiger charge is 2.23. The van der Waals surface area contributed by atoms with Crippen molar-refractivity contribution in [2.45, 2.75) is 32.9 Å². The first-order valence-electron chi connectivity index (χ1n) is 9.83. The van der Waals surface area contributed by atoms with E-state index in [0.717, 1.165) is 22.0 Å². The summed E-state index contributed by atoms with van der Waals surface area (Å²) in [6.45, 7) is 4.62. The van der Waals surface area contributed by atoms with Gasteiger partial charge in [-0.3, -0.25) is 4.79 Å². The van der Waals surface area contributed by atoms with Gasteiger partial charge in [0.2, 0.25) is 5.91 Å². The highest BCUT2D eigenvalue weighted by Crippen LogP contribution is 2.19. The van der Waals surface area contributed by atoms with Crippen LogP contribution in [0.4, 0.5) is 4.79 Å². The van der Waals surface area contributed by atoms with Crippen molar-refractivity contribution in [3.63, 3.8) is 0 Å². The molecule has 152 valence electrons. The van der Waals surface area contributed by atoms with Gasteiger partial charge in [0.1, 0.15) is 6.04 Å². The van der Waals surface area contributed by atoms with E-state index in [4.69, 9.17) is 4.74 Å². The molecular weight excluding hydrogens is 366 g/mol. The molecule has 0 aliphatic rings. The Kier molecular flexibility index (Phi) is 6.89. The van der Waals surface area contributed by atoms with E-state index in [-0.39, 0.29) is 11.8 Å². The number of carbonyl (C=O) groups excluding carboxylic acids is 2. The van der Waals surface area contributed by atoms with Crippen LogP contribution >= 0.6 is 0 Å². The molecule has 3 rings (SSSR count). The van der Waals surface area contributed by atoms with Crippen LogP contribution in [0.25, 0.3) is 10.9 Å². The summed E-state index contributed by atoms with van der Waals surface area (Å²) in [7, 11) is 0. The number of fused-ring (bicyclic) bond motifs is 1. The Labute approximate surface area is 170 Å². The topological polar surface area (TPSA) is 83.2 Å². The number of H-pyrrole nitrogens is 1. The molecule has 29 heavy (non-hydrogen) atoms. The minimum atomic E-state index is -0.738. The molecule has 6 nitrogen and oxygen atoms in total. The SMILES string of the molecule is CC(C)COC(=O)N[C@H](Cc1c[nH]c2ccccc12)C(=O)NCc1ccccc1. The maximum atomic E-state index is 12.9. The average molecular weight is 393 g/mol. The van der Waals surface area contributed by atoms with Gasteiger partial charge in [-0.05, 0) is 23.1 Å². The molecule has 1 heterocycles. The summed E-state index contributed by atoms with van der Waals surface area (Å²) < 4.78 is 5.22. The molecule has 0 aliphatic heterocycles. The number of carbonyl (C=O) groups is 2.